The summed E-state index contributed by atoms with van der Waals surface area (Å²) in [5.41, 5.74) is -0.693. The number of halogens is 1. The lowest BCUT2D eigenvalue weighted by Crippen LogP contribution is -2.16. The fraction of sp³-hybridized carbons (Fsp3) is 0.167. The third kappa shape index (κ3) is 4.46. The molecule has 112 valence electrons. The Labute approximate surface area is 124 Å². The van der Waals surface area contributed by atoms with Gasteiger partial charge in [0.25, 0.3) is 5.69 Å². The molecule has 0 aliphatic carbocycles. The van der Waals surface area contributed by atoms with Gasteiger partial charge in [-0.2, -0.15) is 0 Å². The summed E-state index contributed by atoms with van der Waals surface area (Å²) in [6.45, 7) is 0. The predicted molar refractivity (Wildman–Crippen MR) is 73.8 cm³/mol. The molecule has 0 saturated carbocycles. The first-order valence-corrected chi connectivity index (χ1v) is 5.85. The van der Waals surface area contributed by atoms with Crippen molar-refractivity contribution in [3.8, 4) is 0 Å². The average molecular weight is 315 g/mol. The molecular formula is C12H11ClN2O6. The van der Waals surface area contributed by atoms with Gasteiger partial charge in [0.15, 0.2) is 0 Å². The standard InChI is InChI=1S/C12H11ClN2O6/c1-20-11(16)6-9(12(17)21-2)14-8-4-3-7(13)5-10(8)15(18)19/h3-6,14H,1-2H3/b9-6-. The molecule has 0 bridgehead atoms. The Bertz CT molecular complexity index is 614. The van der Waals surface area contributed by atoms with Gasteiger partial charge in [0.2, 0.25) is 0 Å². The van der Waals surface area contributed by atoms with Crippen molar-refractivity contribution < 1.29 is 24.0 Å². The number of carbonyl (C=O) groups excluding carboxylic acids is 2. The monoisotopic (exact) mass is 314 g/mol. The number of nitro groups is 1. The number of hydrogen-bond donors (Lipinski definition) is 1. The SMILES string of the molecule is COC(=O)/C=C(\Nc1ccc(Cl)cc1[N+](=O)[O-])C(=O)OC. The third-order valence-corrected chi connectivity index (χ3v) is 2.53. The van der Waals surface area contributed by atoms with Crippen molar-refractivity contribution in [2.75, 3.05) is 19.5 Å². The minimum absolute atomic E-state index is 0.0232. The van der Waals surface area contributed by atoms with Crippen LogP contribution in [0.2, 0.25) is 5.02 Å². The fourth-order valence-corrected chi connectivity index (χ4v) is 1.51. The molecule has 0 aromatic heterocycles. The molecule has 1 aromatic rings. The molecule has 0 aliphatic rings. The molecule has 9 heteroatoms. The van der Waals surface area contributed by atoms with E-state index >= 15 is 0 Å². The number of ether oxygens (including phenoxy) is 2. The van der Waals surface area contributed by atoms with Crippen LogP contribution in [0.4, 0.5) is 11.4 Å². The second kappa shape index (κ2) is 7.25. The molecule has 21 heavy (non-hydrogen) atoms. The highest BCUT2D eigenvalue weighted by molar-refractivity contribution is 6.31. The number of methoxy groups -OCH3 is 2. The van der Waals surface area contributed by atoms with E-state index < -0.39 is 16.9 Å². The first-order valence-electron chi connectivity index (χ1n) is 5.48. The highest BCUT2D eigenvalue weighted by Gasteiger charge is 2.19. The van der Waals surface area contributed by atoms with Gasteiger partial charge < -0.3 is 14.8 Å². The van der Waals surface area contributed by atoms with E-state index in [1.165, 1.54) is 12.1 Å². The van der Waals surface area contributed by atoms with E-state index in [2.05, 4.69) is 14.8 Å². The van der Waals surface area contributed by atoms with Gasteiger partial charge >= 0.3 is 11.9 Å². The van der Waals surface area contributed by atoms with Gasteiger partial charge in [-0.05, 0) is 12.1 Å². The lowest BCUT2D eigenvalue weighted by molar-refractivity contribution is -0.383. The Balaban J connectivity index is 3.21. The van der Waals surface area contributed by atoms with Crippen LogP contribution in [0.3, 0.4) is 0 Å². The molecule has 0 aliphatic heterocycles. The highest BCUT2D eigenvalue weighted by Crippen LogP contribution is 2.28. The molecular weight excluding hydrogens is 304 g/mol. The molecule has 1 rings (SSSR count). The summed E-state index contributed by atoms with van der Waals surface area (Å²) < 4.78 is 8.87. The highest BCUT2D eigenvalue weighted by atomic mass is 35.5. The summed E-state index contributed by atoms with van der Waals surface area (Å²) in [7, 11) is 2.23. The molecule has 0 heterocycles. The maximum Gasteiger partial charge on any atom is 0.354 e. The maximum absolute atomic E-state index is 11.6. The number of nitrogens with zero attached hydrogens (tertiary/aromatic N) is 1. The summed E-state index contributed by atoms with van der Waals surface area (Å²) in [5, 5.41) is 13.6. The number of nitro benzene ring substituents is 1. The lowest BCUT2D eigenvalue weighted by atomic mass is 10.2. The van der Waals surface area contributed by atoms with Gasteiger partial charge in [-0.15, -0.1) is 0 Å². The first kappa shape index (κ1) is 16.4. The van der Waals surface area contributed by atoms with E-state index in [4.69, 9.17) is 11.6 Å². The topological polar surface area (TPSA) is 108 Å². The molecule has 0 amide bonds. The number of anilines is 1. The summed E-state index contributed by atoms with van der Waals surface area (Å²) in [4.78, 5) is 33.0. The summed E-state index contributed by atoms with van der Waals surface area (Å²) in [6.07, 6.45) is 0.824. The van der Waals surface area contributed by atoms with Crippen LogP contribution in [0, 0.1) is 10.1 Å². The van der Waals surface area contributed by atoms with E-state index in [-0.39, 0.29) is 22.1 Å². The fourth-order valence-electron chi connectivity index (χ4n) is 1.34. The molecule has 0 radical (unpaired) electrons. The number of benzene rings is 1. The van der Waals surface area contributed by atoms with Crippen molar-refractivity contribution >= 4 is 34.9 Å². The van der Waals surface area contributed by atoms with Crippen LogP contribution in [0.15, 0.2) is 30.0 Å². The van der Waals surface area contributed by atoms with E-state index in [9.17, 15) is 19.7 Å². The van der Waals surface area contributed by atoms with E-state index in [0.717, 1.165) is 26.4 Å². The summed E-state index contributed by atoms with van der Waals surface area (Å²) in [6, 6.07) is 3.80. The van der Waals surface area contributed by atoms with E-state index in [0.29, 0.717) is 0 Å². The molecule has 8 nitrogen and oxygen atoms in total. The Morgan fingerprint density at radius 3 is 2.52 bits per heavy atom. The number of nitrogens with one attached hydrogen (secondary N) is 1. The normalized spacial score (nSPS) is 10.7. The summed E-state index contributed by atoms with van der Waals surface area (Å²) in [5.74, 6) is -1.70. The van der Waals surface area contributed by atoms with E-state index in [1.54, 1.807) is 0 Å². The van der Waals surface area contributed by atoms with Crippen molar-refractivity contribution in [1.82, 2.24) is 0 Å². The van der Waals surface area contributed by atoms with Gasteiger partial charge in [0.05, 0.1) is 25.2 Å². The number of carbonyl (C=O) groups is 2. The van der Waals surface area contributed by atoms with Crippen molar-refractivity contribution in [2.24, 2.45) is 0 Å². The lowest BCUT2D eigenvalue weighted by Gasteiger charge is -2.09. The third-order valence-electron chi connectivity index (χ3n) is 2.29. The second-order valence-electron chi connectivity index (χ2n) is 3.62. The smallest absolute Gasteiger partial charge is 0.354 e. The molecule has 1 N–H and O–H groups in total. The Morgan fingerprint density at radius 2 is 2.00 bits per heavy atom. The Morgan fingerprint density at radius 1 is 1.33 bits per heavy atom. The zero-order valence-corrected chi connectivity index (χ0v) is 11.8. The molecule has 0 fully saturated rings. The van der Waals surface area contributed by atoms with Crippen LogP contribution in [0.1, 0.15) is 0 Å². The first-order chi connectivity index (χ1) is 9.88. The molecule has 1 aromatic carbocycles. The van der Waals surface area contributed by atoms with Crippen LogP contribution in [-0.4, -0.2) is 31.1 Å². The van der Waals surface area contributed by atoms with Crippen LogP contribution in [0.25, 0.3) is 0 Å². The number of rotatable bonds is 5. The molecule has 0 atom stereocenters. The van der Waals surface area contributed by atoms with Crippen molar-refractivity contribution in [3.05, 3.63) is 45.1 Å². The summed E-state index contributed by atoms with van der Waals surface area (Å²) >= 11 is 5.68. The number of hydrogen-bond acceptors (Lipinski definition) is 7. The van der Waals surface area contributed by atoms with Crippen LogP contribution >= 0.6 is 11.6 Å². The van der Waals surface area contributed by atoms with Crippen LogP contribution in [0.5, 0.6) is 0 Å². The molecule has 0 unspecified atom stereocenters. The van der Waals surface area contributed by atoms with Crippen molar-refractivity contribution in [1.29, 1.82) is 0 Å². The Kier molecular flexibility index (Phi) is 5.67. The van der Waals surface area contributed by atoms with Crippen molar-refractivity contribution in [2.45, 2.75) is 0 Å². The van der Waals surface area contributed by atoms with E-state index in [1.807, 2.05) is 0 Å². The second-order valence-corrected chi connectivity index (χ2v) is 4.05. The van der Waals surface area contributed by atoms with Crippen LogP contribution in [-0.2, 0) is 19.1 Å². The van der Waals surface area contributed by atoms with Gasteiger partial charge in [-0.1, -0.05) is 11.6 Å². The predicted octanol–water partition coefficient (Wildman–Crippen LogP) is 1.89. The zero-order valence-electron chi connectivity index (χ0n) is 11.1. The van der Waals surface area contributed by atoms with Gasteiger partial charge in [-0.3, -0.25) is 10.1 Å². The van der Waals surface area contributed by atoms with Gasteiger partial charge in [0, 0.05) is 11.1 Å². The van der Waals surface area contributed by atoms with Gasteiger partial charge in [-0.25, -0.2) is 9.59 Å². The van der Waals surface area contributed by atoms with Crippen molar-refractivity contribution in [3.63, 3.8) is 0 Å². The minimum Gasteiger partial charge on any atom is -0.466 e. The quantitative estimate of drug-likeness (QED) is 0.382. The Hall–Kier alpha value is -2.61. The number of esters is 2. The zero-order chi connectivity index (χ0) is 16.0. The largest absolute Gasteiger partial charge is 0.466 e. The van der Waals surface area contributed by atoms with Crippen LogP contribution < -0.4 is 5.32 Å². The average Bonchev–Trinajstić information content (AvgIpc) is 2.46. The molecule has 0 spiro atoms. The minimum atomic E-state index is -0.885. The van der Waals surface area contributed by atoms with Gasteiger partial charge in [0.1, 0.15) is 11.4 Å². The maximum atomic E-state index is 11.6. The molecule has 0 saturated heterocycles.